The molecule has 0 N–H and O–H groups in total. The molecule has 2 aromatic heterocycles. The minimum absolute atomic E-state index is 0.121. The summed E-state index contributed by atoms with van der Waals surface area (Å²) in [4.78, 5) is -1.50. The Morgan fingerprint density at radius 3 is 2.48 bits per heavy atom. The zero-order valence-corrected chi connectivity index (χ0v) is 15.4. The van der Waals surface area contributed by atoms with Crippen LogP contribution in [0.5, 0.6) is 0 Å². The van der Waals surface area contributed by atoms with Crippen LogP contribution in [0.4, 0.5) is 17.6 Å². The molecule has 0 aliphatic heterocycles. The lowest BCUT2D eigenvalue weighted by Crippen LogP contribution is -2.24. The van der Waals surface area contributed by atoms with Crippen molar-refractivity contribution in [3.05, 3.63) is 42.1 Å². The molecule has 3 rings (SSSR count). The number of furan rings is 1. The summed E-state index contributed by atoms with van der Waals surface area (Å²) in [5, 5.41) is 7.96. The van der Waals surface area contributed by atoms with Crippen LogP contribution in [0, 0.1) is 12.7 Å². The molecular formula is C15H11F4N3O3S2. The van der Waals surface area contributed by atoms with Crippen molar-refractivity contribution in [2.24, 2.45) is 7.05 Å². The average Bonchev–Trinajstić information content (AvgIpc) is 3.14. The third-order valence-electron chi connectivity index (χ3n) is 3.64. The summed E-state index contributed by atoms with van der Waals surface area (Å²) in [5.41, 5.74) is -4.94. The zero-order chi connectivity index (χ0) is 20.0. The number of sulfone groups is 1. The Labute approximate surface area is 155 Å². The SMILES string of the molecule is Cc1occc1-c1nnc(Sc2ccc(F)cc2S(=O)(=O)C(F)(F)F)n1C. The topological polar surface area (TPSA) is 78.0 Å². The van der Waals surface area contributed by atoms with Crippen LogP contribution in [0.15, 0.2) is 49.9 Å². The Hall–Kier alpha value is -2.34. The number of benzene rings is 1. The van der Waals surface area contributed by atoms with Crippen molar-refractivity contribution >= 4 is 21.6 Å². The standard InChI is InChI=1S/C15H11F4N3O3S2/c1-8-10(5-6-25-8)13-20-21-14(22(13)2)26-11-4-3-9(16)7-12(11)27(23,24)15(17,18)19/h3-7H,1-2H3. The number of rotatable bonds is 4. The molecule has 0 amide bonds. The second-order valence-corrected chi connectivity index (χ2v) is 8.32. The molecule has 0 saturated carbocycles. The highest BCUT2D eigenvalue weighted by atomic mass is 32.2. The van der Waals surface area contributed by atoms with Crippen LogP contribution in [-0.2, 0) is 16.9 Å². The van der Waals surface area contributed by atoms with Crippen molar-refractivity contribution in [1.29, 1.82) is 0 Å². The van der Waals surface area contributed by atoms with Gasteiger partial charge in [0.15, 0.2) is 11.0 Å². The summed E-state index contributed by atoms with van der Waals surface area (Å²) in [6.07, 6.45) is 1.44. The van der Waals surface area contributed by atoms with Crippen molar-refractivity contribution in [2.75, 3.05) is 0 Å². The molecule has 3 aromatic rings. The van der Waals surface area contributed by atoms with E-state index in [1.54, 1.807) is 20.0 Å². The summed E-state index contributed by atoms with van der Waals surface area (Å²) >= 11 is 0.629. The lowest BCUT2D eigenvalue weighted by Gasteiger charge is -2.12. The number of aryl methyl sites for hydroxylation is 1. The monoisotopic (exact) mass is 421 g/mol. The number of hydrogen-bond acceptors (Lipinski definition) is 6. The van der Waals surface area contributed by atoms with Gasteiger partial charge in [0.05, 0.1) is 16.7 Å². The van der Waals surface area contributed by atoms with E-state index in [1.807, 2.05) is 0 Å². The molecule has 0 bridgehead atoms. The minimum atomic E-state index is -5.74. The van der Waals surface area contributed by atoms with Gasteiger partial charge in [-0.15, -0.1) is 10.2 Å². The van der Waals surface area contributed by atoms with E-state index in [-0.39, 0.29) is 10.1 Å². The third kappa shape index (κ3) is 3.46. The van der Waals surface area contributed by atoms with E-state index in [4.69, 9.17) is 4.42 Å². The summed E-state index contributed by atoms with van der Waals surface area (Å²) in [5.74, 6) is -0.162. The normalized spacial score (nSPS) is 12.5. The van der Waals surface area contributed by atoms with E-state index < -0.39 is 26.1 Å². The van der Waals surface area contributed by atoms with Crippen molar-refractivity contribution in [2.45, 2.75) is 27.4 Å². The van der Waals surface area contributed by atoms with Gasteiger partial charge < -0.3 is 8.98 Å². The average molecular weight is 421 g/mol. The van der Waals surface area contributed by atoms with E-state index in [9.17, 15) is 26.0 Å². The Morgan fingerprint density at radius 2 is 1.89 bits per heavy atom. The van der Waals surface area contributed by atoms with Gasteiger partial charge in [0, 0.05) is 11.9 Å². The molecule has 0 spiro atoms. The van der Waals surface area contributed by atoms with Gasteiger partial charge in [-0.2, -0.15) is 13.2 Å². The summed E-state index contributed by atoms with van der Waals surface area (Å²) in [7, 11) is -4.18. The molecule has 12 heteroatoms. The molecule has 0 atom stereocenters. The first-order valence-electron chi connectivity index (χ1n) is 7.25. The molecule has 0 aliphatic carbocycles. The first-order chi connectivity index (χ1) is 12.5. The molecule has 0 fully saturated rings. The van der Waals surface area contributed by atoms with Gasteiger partial charge in [-0.25, -0.2) is 12.8 Å². The number of halogens is 4. The van der Waals surface area contributed by atoms with E-state index in [2.05, 4.69) is 10.2 Å². The van der Waals surface area contributed by atoms with Gasteiger partial charge in [0.25, 0.3) is 9.84 Å². The Morgan fingerprint density at radius 1 is 1.19 bits per heavy atom. The van der Waals surface area contributed by atoms with Crippen molar-refractivity contribution in [1.82, 2.24) is 14.8 Å². The molecule has 2 heterocycles. The van der Waals surface area contributed by atoms with Crippen molar-refractivity contribution in [3.8, 4) is 11.4 Å². The van der Waals surface area contributed by atoms with Gasteiger partial charge in [-0.05, 0) is 43.0 Å². The van der Waals surface area contributed by atoms with Crippen LogP contribution >= 0.6 is 11.8 Å². The van der Waals surface area contributed by atoms with Crippen molar-refractivity contribution < 1.29 is 30.4 Å². The van der Waals surface area contributed by atoms with E-state index in [0.717, 1.165) is 12.1 Å². The van der Waals surface area contributed by atoms with Gasteiger partial charge in [-0.1, -0.05) is 0 Å². The van der Waals surface area contributed by atoms with Crippen LogP contribution in [0.25, 0.3) is 11.4 Å². The number of nitrogens with zero attached hydrogens (tertiary/aromatic N) is 3. The number of alkyl halides is 3. The predicted molar refractivity (Wildman–Crippen MR) is 87.2 cm³/mol. The van der Waals surface area contributed by atoms with Crippen LogP contribution < -0.4 is 0 Å². The lowest BCUT2D eigenvalue weighted by atomic mass is 10.2. The highest BCUT2D eigenvalue weighted by Crippen LogP contribution is 2.39. The van der Waals surface area contributed by atoms with E-state index in [0.29, 0.717) is 35.0 Å². The van der Waals surface area contributed by atoms with Gasteiger partial charge in [-0.3, -0.25) is 0 Å². The third-order valence-corrected chi connectivity index (χ3v) is 6.41. The molecule has 0 aliphatic rings. The highest BCUT2D eigenvalue weighted by molar-refractivity contribution is 8.00. The van der Waals surface area contributed by atoms with Crippen molar-refractivity contribution in [3.63, 3.8) is 0 Å². The van der Waals surface area contributed by atoms with Crippen LogP contribution in [0.2, 0.25) is 0 Å². The molecule has 6 nitrogen and oxygen atoms in total. The largest absolute Gasteiger partial charge is 0.501 e. The number of aromatic nitrogens is 3. The maximum absolute atomic E-state index is 13.4. The first-order valence-corrected chi connectivity index (χ1v) is 9.55. The number of hydrogen-bond donors (Lipinski definition) is 0. The predicted octanol–water partition coefficient (Wildman–Crippen LogP) is 3.97. The molecule has 1 aromatic carbocycles. The van der Waals surface area contributed by atoms with Gasteiger partial charge in [0.2, 0.25) is 0 Å². The smallest absolute Gasteiger partial charge is 0.469 e. The fourth-order valence-corrected chi connectivity index (χ4v) is 4.36. The Kier molecular flexibility index (Phi) is 4.80. The minimum Gasteiger partial charge on any atom is -0.469 e. The maximum atomic E-state index is 13.4. The summed E-state index contributed by atoms with van der Waals surface area (Å²) < 4.78 is 82.4. The zero-order valence-electron chi connectivity index (χ0n) is 13.8. The molecule has 0 radical (unpaired) electrons. The van der Waals surface area contributed by atoms with Gasteiger partial charge >= 0.3 is 5.51 Å². The Bertz CT molecular complexity index is 1100. The highest BCUT2D eigenvalue weighted by Gasteiger charge is 2.48. The molecule has 0 unspecified atom stereocenters. The van der Waals surface area contributed by atoms with Crippen LogP contribution in [-0.4, -0.2) is 28.7 Å². The fourth-order valence-electron chi connectivity index (χ4n) is 2.25. The maximum Gasteiger partial charge on any atom is 0.501 e. The summed E-state index contributed by atoms with van der Waals surface area (Å²) in [6, 6.07) is 3.80. The molecule has 144 valence electrons. The fraction of sp³-hybridized carbons (Fsp3) is 0.200. The second kappa shape index (κ2) is 6.68. The second-order valence-electron chi connectivity index (χ2n) is 5.40. The lowest BCUT2D eigenvalue weighted by molar-refractivity contribution is -0.0437. The van der Waals surface area contributed by atoms with Gasteiger partial charge in [0.1, 0.15) is 11.6 Å². The first kappa shape index (κ1) is 19.4. The summed E-state index contributed by atoms with van der Waals surface area (Å²) in [6.45, 7) is 1.70. The van der Waals surface area contributed by atoms with Crippen LogP contribution in [0.1, 0.15) is 5.76 Å². The van der Waals surface area contributed by atoms with E-state index >= 15 is 0 Å². The van der Waals surface area contributed by atoms with Crippen LogP contribution in [0.3, 0.4) is 0 Å². The Balaban J connectivity index is 2.06. The molecule has 27 heavy (non-hydrogen) atoms. The van der Waals surface area contributed by atoms with E-state index in [1.165, 1.54) is 10.8 Å². The molecular weight excluding hydrogens is 410 g/mol. The molecule has 0 saturated heterocycles. The quantitative estimate of drug-likeness (QED) is 0.594.